The van der Waals surface area contributed by atoms with Crippen LogP contribution in [0.4, 0.5) is 0 Å². The standard InChI is InChI=1S/C10H13BrN4OS.ClH/c1-15(4-8-2-7(11)6-17-8)5-9-13-10(3-12)16-14-9;/h2,6H,3-5,12H2,1H3;1H. The fourth-order valence-corrected chi connectivity index (χ4v) is 2.97. The summed E-state index contributed by atoms with van der Waals surface area (Å²) in [4.78, 5) is 7.59. The summed E-state index contributed by atoms with van der Waals surface area (Å²) in [7, 11) is 2.02. The average molecular weight is 354 g/mol. The van der Waals surface area contributed by atoms with Crippen LogP contribution in [0, 0.1) is 0 Å². The third kappa shape index (κ3) is 4.33. The van der Waals surface area contributed by atoms with Crippen LogP contribution in [0.2, 0.25) is 0 Å². The second-order valence-electron chi connectivity index (χ2n) is 3.71. The third-order valence-corrected chi connectivity index (χ3v) is 3.83. The molecule has 2 rings (SSSR count). The normalized spacial score (nSPS) is 10.7. The summed E-state index contributed by atoms with van der Waals surface area (Å²) in [6, 6.07) is 2.11. The number of hydrogen-bond acceptors (Lipinski definition) is 6. The van der Waals surface area contributed by atoms with Crippen molar-refractivity contribution in [3.63, 3.8) is 0 Å². The maximum absolute atomic E-state index is 5.41. The molecule has 0 aliphatic rings. The first kappa shape index (κ1) is 15.6. The molecule has 0 spiro atoms. The number of rotatable bonds is 5. The highest BCUT2D eigenvalue weighted by Gasteiger charge is 2.09. The van der Waals surface area contributed by atoms with Crippen LogP contribution in [0.25, 0.3) is 0 Å². The summed E-state index contributed by atoms with van der Waals surface area (Å²) in [5.41, 5.74) is 5.41. The Kier molecular flexibility index (Phi) is 6.24. The molecule has 0 fully saturated rings. The molecule has 0 aromatic carbocycles. The molecule has 100 valence electrons. The van der Waals surface area contributed by atoms with Gasteiger partial charge in [0.05, 0.1) is 13.1 Å². The van der Waals surface area contributed by atoms with Crippen molar-refractivity contribution >= 4 is 39.7 Å². The Labute approximate surface area is 124 Å². The van der Waals surface area contributed by atoms with E-state index in [1.807, 2.05) is 7.05 Å². The van der Waals surface area contributed by atoms with Crippen molar-refractivity contribution in [1.82, 2.24) is 15.0 Å². The number of aromatic nitrogens is 2. The van der Waals surface area contributed by atoms with E-state index < -0.39 is 0 Å². The van der Waals surface area contributed by atoms with Gasteiger partial charge in [-0.3, -0.25) is 4.90 Å². The first-order valence-electron chi connectivity index (χ1n) is 5.10. The molecule has 2 aromatic rings. The van der Waals surface area contributed by atoms with E-state index in [4.69, 9.17) is 10.3 Å². The molecule has 0 unspecified atom stereocenters. The van der Waals surface area contributed by atoms with Crippen LogP contribution in [0.5, 0.6) is 0 Å². The van der Waals surface area contributed by atoms with Gasteiger partial charge in [0, 0.05) is 21.3 Å². The van der Waals surface area contributed by atoms with Crippen LogP contribution < -0.4 is 5.73 Å². The van der Waals surface area contributed by atoms with E-state index >= 15 is 0 Å². The Morgan fingerprint density at radius 1 is 1.50 bits per heavy atom. The minimum atomic E-state index is 0. The van der Waals surface area contributed by atoms with Gasteiger partial charge >= 0.3 is 0 Å². The lowest BCUT2D eigenvalue weighted by molar-refractivity contribution is 0.302. The Hall–Kier alpha value is -0.470. The van der Waals surface area contributed by atoms with Gasteiger partial charge in [-0.15, -0.1) is 23.7 Å². The highest BCUT2D eigenvalue weighted by Crippen LogP contribution is 2.21. The Balaban J connectivity index is 0.00000162. The quantitative estimate of drug-likeness (QED) is 0.894. The lowest BCUT2D eigenvalue weighted by atomic mass is 10.4. The molecule has 0 saturated carbocycles. The second kappa shape index (κ2) is 7.20. The zero-order valence-electron chi connectivity index (χ0n) is 9.80. The molecule has 0 bridgehead atoms. The second-order valence-corrected chi connectivity index (χ2v) is 5.62. The van der Waals surface area contributed by atoms with Crippen LogP contribution in [0.3, 0.4) is 0 Å². The first-order valence-corrected chi connectivity index (χ1v) is 6.77. The molecule has 2 aromatic heterocycles. The van der Waals surface area contributed by atoms with Crippen molar-refractivity contribution in [3.8, 4) is 0 Å². The lowest BCUT2D eigenvalue weighted by Gasteiger charge is -2.12. The van der Waals surface area contributed by atoms with Crippen molar-refractivity contribution < 1.29 is 4.52 Å². The fraction of sp³-hybridized carbons (Fsp3) is 0.400. The van der Waals surface area contributed by atoms with Gasteiger partial charge < -0.3 is 10.3 Å². The van der Waals surface area contributed by atoms with Gasteiger partial charge in [-0.2, -0.15) is 4.98 Å². The SMILES string of the molecule is CN(Cc1noc(CN)n1)Cc1cc(Br)cs1.Cl. The zero-order valence-corrected chi connectivity index (χ0v) is 13.0. The van der Waals surface area contributed by atoms with Crippen LogP contribution in [-0.2, 0) is 19.6 Å². The van der Waals surface area contributed by atoms with Gasteiger partial charge in [-0.25, -0.2) is 0 Å². The molecule has 2 heterocycles. The predicted molar refractivity (Wildman–Crippen MR) is 76.6 cm³/mol. The summed E-state index contributed by atoms with van der Waals surface area (Å²) < 4.78 is 6.07. The number of nitrogens with zero attached hydrogens (tertiary/aromatic N) is 3. The van der Waals surface area contributed by atoms with E-state index in [0.717, 1.165) is 11.0 Å². The molecule has 0 aliphatic carbocycles. The number of thiophene rings is 1. The Morgan fingerprint density at radius 2 is 2.28 bits per heavy atom. The minimum absolute atomic E-state index is 0. The third-order valence-electron chi connectivity index (χ3n) is 2.14. The highest BCUT2D eigenvalue weighted by atomic mass is 79.9. The highest BCUT2D eigenvalue weighted by molar-refractivity contribution is 9.10. The fourth-order valence-electron chi connectivity index (χ4n) is 1.44. The number of nitrogens with two attached hydrogens (primary N) is 1. The van der Waals surface area contributed by atoms with Crippen molar-refractivity contribution in [1.29, 1.82) is 0 Å². The average Bonchev–Trinajstić information content (AvgIpc) is 2.88. The van der Waals surface area contributed by atoms with Crippen molar-refractivity contribution in [2.45, 2.75) is 19.6 Å². The maximum Gasteiger partial charge on any atom is 0.240 e. The van der Waals surface area contributed by atoms with Crippen LogP contribution in [0.1, 0.15) is 16.6 Å². The molecule has 2 N–H and O–H groups in total. The molecule has 0 radical (unpaired) electrons. The molecule has 8 heteroatoms. The predicted octanol–water partition coefficient (Wildman–Crippen LogP) is 2.41. The molecule has 0 saturated heterocycles. The lowest BCUT2D eigenvalue weighted by Crippen LogP contribution is -2.17. The molecule has 18 heavy (non-hydrogen) atoms. The minimum Gasteiger partial charge on any atom is -0.338 e. The molecule has 5 nitrogen and oxygen atoms in total. The Morgan fingerprint density at radius 3 is 2.83 bits per heavy atom. The van der Waals surface area contributed by atoms with E-state index in [0.29, 0.717) is 18.3 Å². The van der Waals surface area contributed by atoms with Gasteiger partial charge in [-0.05, 0) is 29.0 Å². The molecule has 0 aliphatic heterocycles. The van der Waals surface area contributed by atoms with E-state index in [2.05, 4.69) is 42.4 Å². The first-order chi connectivity index (χ1) is 8.17. The van der Waals surface area contributed by atoms with E-state index in [9.17, 15) is 0 Å². The van der Waals surface area contributed by atoms with Crippen molar-refractivity contribution in [2.75, 3.05) is 7.05 Å². The topological polar surface area (TPSA) is 68.2 Å². The summed E-state index contributed by atoms with van der Waals surface area (Å²) >= 11 is 5.17. The molecular formula is C10H14BrClN4OS. The molecular weight excluding hydrogens is 340 g/mol. The Bertz CT molecular complexity index is 490. The van der Waals surface area contributed by atoms with Gasteiger partial charge in [-0.1, -0.05) is 5.16 Å². The van der Waals surface area contributed by atoms with Crippen LogP contribution in [-0.4, -0.2) is 22.1 Å². The van der Waals surface area contributed by atoms with Crippen molar-refractivity contribution in [3.05, 3.63) is 32.5 Å². The van der Waals surface area contributed by atoms with Gasteiger partial charge in [0.25, 0.3) is 0 Å². The van der Waals surface area contributed by atoms with Gasteiger partial charge in [0.1, 0.15) is 0 Å². The van der Waals surface area contributed by atoms with Crippen molar-refractivity contribution in [2.24, 2.45) is 5.73 Å². The summed E-state index contributed by atoms with van der Waals surface area (Å²) in [6.45, 7) is 1.80. The van der Waals surface area contributed by atoms with Gasteiger partial charge in [0.15, 0.2) is 5.82 Å². The molecule has 0 atom stereocenters. The largest absolute Gasteiger partial charge is 0.338 e. The van der Waals surface area contributed by atoms with E-state index in [1.165, 1.54) is 4.88 Å². The number of halogens is 2. The summed E-state index contributed by atoms with van der Waals surface area (Å²) in [6.07, 6.45) is 0. The van der Waals surface area contributed by atoms with Crippen LogP contribution in [0.15, 0.2) is 20.4 Å². The number of hydrogen-bond donors (Lipinski definition) is 1. The monoisotopic (exact) mass is 352 g/mol. The zero-order chi connectivity index (χ0) is 12.3. The van der Waals surface area contributed by atoms with Crippen LogP contribution >= 0.6 is 39.7 Å². The molecule has 0 amide bonds. The van der Waals surface area contributed by atoms with Gasteiger partial charge in [0.2, 0.25) is 5.89 Å². The van der Waals surface area contributed by atoms with E-state index in [-0.39, 0.29) is 19.0 Å². The van der Waals surface area contributed by atoms with E-state index in [1.54, 1.807) is 11.3 Å². The smallest absolute Gasteiger partial charge is 0.240 e. The summed E-state index contributed by atoms with van der Waals surface area (Å²) in [5.74, 6) is 1.15. The summed E-state index contributed by atoms with van der Waals surface area (Å²) in [5, 5.41) is 5.93. The maximum atomic E-state index is 5.41.